The van der Waals surface area contributed by atoms with Gasteiger partial charge in [-0.25, -0.2) is 9.78 Å². The Morgan fingerprint density at radius 2 is 2.50 bits per heavy atom. The van der Waals surface area contributed by atoms with E-state index in [4.69, 9.17) is 5.11 Å². The van der Waals surface area contributed by atoms with Crippen LogP contribution in [0.15, 0.2) is 22.7 Å². The van der Waals surface area contributed by atoms with Crippen molar-refractivity contribution in [2.75, 3.05) is 0 Å². The molecule has 2 rings (SSSR count). The number of H-pyrrole nitrogens is 1. The van der Waals surface area contributed by atoms with Crippen molar-refractivity contribution < 1.29 is 9.90 Å². The fourth-order valence-corrected chi connectivity index (χ4v) is 3.00. The second-order valence-corrected chi connectivity index (χ2v) is 5.45. The van der Waals surface area contributed by atoms with Crippen molar-refractivity contribution in [1.29, 1.82) is 0 Å². The van der Waals surface area contributed by atoms with Crippen molar-refractivity contribution in [3.63, 3.8) is 0 Å². The second kappa shape index (κ2) is 5.83. The Bertz CT molecular complexity index is 574. The normalized spacial score (nSPS) is 11.2. The Labute approximate surface area is 112 Å². The number of aromatic amines is 1. The van der Waals surface area contributed by atoms with Gasteiger partial charge >= 0.3 is 5.97 Å². The van der Waals surface area contributed by atoms with Crippen LogP contribution in [0.5, 0.6) is 0 Å². The summed E-state index contributed by atoms with van der Waals surface area (Å²) in [6.07, 6.45) is 2.72. The van der Waals surface area contributed by atoms with E-state index in [-0.39, 0.29) is 0 Å². The minimum absolute atomic E-state index is 0.725. The zero-order valence-corrected chi connectivity index (χ0v) is 11.2. The number of hydrogen-bond donors (Lipinski definition) is 2. The molecule has 0 aromatic carbocycles. The summed E-state index contributed by atoms with van der Waals surface area (Å²) in [5, 5.41) is 18.0. The van der Waals surface area contributed by atoms with Gasteiger partial charge in [-0.2, -0.15) is 0 Å². The number of hydrogen-bond acceptors (Lipinski definition) is 5. The number of aromatic nitrogens is 3. The van der Waals surface area contributed by atoms with Crippen molar-refractivity contribution in [2.45, 2.75) is 17.8 Å². The number of thioether (sulfide) groups is 1. The molecule has 2 aromatic heterocycles. The van der Waals surface area contributed by atoms with Crippen LogP contribution in [0, 0.1) is 6.92 Å². The number of carbonyl (C=O) groups is 1. The maximum atomic E-state index is 10.4. The first-order valence-corrected chi connectivity index (χ1v) is 7.00. The van der Waals surface area contributed by atoms with Crippen LogP contribution >= 0.6 is 23.1 Å². The minimum atomic E-state index is -0.937. The van der Waals surface area contributed by atoms with Crippen LogP contribution in [0.1, 0.15) is 16.3 Å². The maximum absolute atomic E-state index is 10.4. The molecule has 18 heavy (non-hydrogen) atoms. The highest BCUT2D eigenvalue weighted by atomic mass is 32.2. The third kappa shape index (κ3) is 3.71. The number of nitrogens with one attached hydrogen (secondary N) is 1. The minimum Gasteiger partial charge on any atom is -0.478 e. The molecule has 94 valence electrons. The molecule has 0 unspecified atom stereocenters. The highest BCUT2D eigenvalue weighted by Crippen LogP contribution is 2.24. The van der Waals surface area contributed by atoms with Crippen molar-refractivity contribution in [2.24, 2.45) is 0 Å². The van der Waals surface area contributed by atoms with Gasteiger partial charge in [-0.1, -0.05) is 11.8 Å². The fourth-order valence-electron chi connectivity index (χ4n) is 1.25. The number of thiophene rings is 1. The Hall–Kier alpha value is -1.60. The average Bonchev–Trinajstić information content (AvgIpc) is 2.93. The number of rotatable bonds is 5. The van der Waals surface area contributed by atoms with Crippen molar-refractivity contribution in [3.8, 4) is 0 Å². The lowest BCUT2D eigenvalue weighted by Crippen LogP contribution is -1.84. The van der Waals surface area contributed by atoms with E-state index >= 15 is 0 Å². The Morgan fingerprint density at radius 3 is 3.17 bits per heavy atom. The van der Waals surface area contributed by atoms with Gasteiger partial charge in [-0.15, -0.1) is 16.4 Å². The molecule has 0 aliphatic heterocycles. The predicted octanol–water partition coefficient (Wildman–Crippen LogP) is 2.56. The molecule has 2 aromatic rings. The van der Waals surface area contributed by atoms with Gasteiger partial charge in [-0.3, -0.25) is 5.10 Å². The first kappa shape index (κ1) is 12.8. The van der Waals surface area contributed by atoms with Crippen LogP contribution in [-0.2, 0) is 10.5 Å². The molecule has 0 amide bonds. The quantitative estimate of drug-likeness (QED) is 0.650. The molecular weight excluding hydrogens is 270 g/mol. The van der Waals surface area contributed by atoms with Gasteiger partial charge in [0.15, 0.2) is 0 Å². The van der Waals surface area contributed by atoms with Gasteiger partial charge in [0, 0.05) is 16.7 Å². The monoisotopic (exact) mass is 281 g/mol. The van der Waals surface area contributed by atoms with E-state index in [1.807, 2.05) is 18.4 Å². The molecule has 7 heteroatoms. The molecule has 0 bridgehead atoms. The van der Waals surface area contributed by atoms with E-state index in [0.717, 1.165) is 33.3 Å². The van der Waals surface area contributed by atoms with Gasteiger partial charge in [0.25, 0.3) is 0 Å². The summed E-state index contributed by atoms with van der Waals surface area (Å²) in [5.41, 5.74) is 0.907. The average molecular weight is 281 g/mol. The molecule has 0 atom stereocenters. The molecule has 5 nitrogen and oxygen atoms in total. The lowest BCUT2D eigenvalue weighted by Gasteiger charge is -1.91. The van der Waals surface area contributed by atoms with Gasteiger partial charge < -0.3 is 5.11 Å². The zero-order valence-electron chi connectivity index (χ0n) is 9.58. The molecule has 0 spiro atoms. The summed E-state index contributed by atoms with van der Waals surface area (Å²) >= 11 is 3.15. The van der Waals surface area contributed by atoms with E-state index in [1.54, 1.807) is 29.2 Å². The predicted molar refractivity (Wildman–Crippen MR) is 71.7 cm³/mol. The molecule has 0 saturated carbocycles. The molecule has 0 aliphatic rings. The molecular formula is C11H11N3O2S2. The number of nitrogens with zero attached hydrogens (tertiary/aromatic N) is 2. The first-order chi connectivity index (χ1) is 8.63. The van der Waals surface area contributed by atoms with Gasteiger partial charge in [0.2, 0.25) is 5.16 Å². The number of aliphatic carboxylic acids is 1. The topological polar surface area (TPSA) is 78.9 Å². The molecule has 2 N–H and O–H groups in total. The van der Waals surface area contributed by atoms with Crippen molar-refractivity contribution in [1.82, 2.24) is 15.2 Å². The third-order valence-corrected chi connectivity index (χ3v) is 4.05. The van der Waals surface area contributed by atoms with Crippen LogP contribution in [-0.4, -0.2) is 26.3 Å². The van der Waals surface area contributed by atoms with Crippen molar-refractivity contribution in [3.05, 3.63) is 33.8 Å². The number of aryl methyl sites for hydroxylation is 1. The summed E-state index contributed by atoms with van der Waals surface area (Å²) in [6, 6.07) is 1.97. The molecule has 0 radical (unpaired) electrons. The first-order valence-electron chi connectivity index (χ1n) is 5.14. The number of carboxylic acids is 1. The third-order valence-electron chi connectivity index (χ3n) is 2.01. The standard InChI is InChI=1S/C11H11N3O2S2/c1-7-12-11(14-13-7)18-6-9-4-8(5-17-9)2-3-10(15)16/h2-5H,6H2,1H3,(H,15,16)(H,12,13,14). The Morgan fingerprint density at radius 1 is 1.67 bits per heavy atom. The summed E-state index contributed by atoms with van der Waals surface area (Å²) in [5.74, 6) is 0.644. The van der Waals surface area contributed by atoms with E-state index in [1.165, 1.54) is 0 Å². The molecule has 0 aliphatic carbocycles. The summed E-state index contributed by atoms with van der Waals surface area (Å²) in [6.45, 7) is 1.86. The second-order valence-electron chi connectivity index (χ2n) is 3.51. The van der Waals surface area contributed by atoms with Gasteiger partial charge in [0.05, 0.1) is 0 Å². The summed E-state index contributed by atoms with van der Waals surface area (Å²) in [4.78, 5) is 15.7. The Balaban J connectivity index is 1.92. The fraction of sp³-hybridized carbons (Fsp3) is 0.182. The Kier molecular flexibility index (Phi) is 4.16. The van der Waals surface area contributed by atoms with Gasteiger partial charge in [0.1, 0.15) is 5.82 Å². The largest absolute Gasteiger partial charge is 0.478 e. The maximum Gasteiger partial charge on any atom is 0.328 e. The lowest BCUT2D eigenvalue weighted by atomic mass is 10.3. The lowest BCUT2D eigenvalue weighted by molar-refractivity contribution is -0.131. The van der Waals surface area contributed by atoms with E-state index in [9.17, 15) is 4.79 Å². The number of carboxylic acid groups (broad SMARTS) is 1. The van der Waals surface area contributed by atoms with Crippen LogP contribution in [0.2, 0.25) is 0 Å². The highest BCUT2D eigenvalue weighted by molar-refractivity contribution is 7.98. The smallest absolute Gasteiger partial charge is 0.328 e. The molecule has 0 fully saturated rings. The molecule has 0 saturated heterocycles. The molecule has 2 heterocycles. The van der Waals surface area contributed by atoms with Crippen LogP contribution < -0.4 is 0 Å². The van der Waals surface area contributed by atoms with E-state index in [0.29, 0.717) is 0 Å². The van der Waals surface area contributed by atoms with Gasteiger partial charge in [-0.05, 0) is 30.0 Å². The highest BCUT2D eigenvalue weighted by Gasteiger charge is 2.03. The van der Waals surface area contributed by atoms with Crippen molar-refractivity contribution >= 4 is 35.1 Å². The van der Waals surface area contributed by atoms with E-state index < -0.39 is 5.97 Å². The zero-order chi connectivity index (χ0) is 13.0. The van der Waals surface area contributed by atoms with Crippen LogP contribution in [0.25, 0.3) is 6.08 Å². The van der Waals surface area contributed by atoms with E-state index in [2.05, 4.69) is 15.2 Å². The SMILES string of the molecule is Cc1nc(SCc2cc(C=CC(=O)O)cs2)n[nH]1. The van der Waals surface area contributed by atoms with Crippen LogP contribution in [0.4, 0.5) is 0 Å². The summed E-state index contributed by atoms with van der Waals surface area (Å²) < 4.78 is 0. The summed E-state index contributed by atoms with van der Waals surface area (Å²) in [7, 11) is 0. The van der Waals surface area contributed by atoms with Crippen LogP contribution in [0.3, 0.4) is 0 Å².